The van der Waals surface area contributed by atoms with Crippen LogP contribution in [0.2, 0.25) is 5.02 Å². The second-order valence-electron chi connectivity index (χ2n) is 5.20. The van der Waals surface area contributed by atoms with E-state index in [1.165, 1.54) is 37.8 Å². The zero-order valence-electron chi connectivity index (χ0n) is 13.4. The lowest BCUT2D eigenvalue weighted by atomic mass is 9.98. The van der Waals surface area contributed by atoms with Crippen LogP contribution in [0.5, 0.6) is 5.88 Å². The zero-order chi connectivity index (χ0) is 18.2. The highest BCUT2D eigenvalue weighted by Gasteiger charge is 2.30. The van der Waals surface area contributed by atoms with Gasteiger partial charge in [0.05, 0.1) is 16.1 Å². The molecule has 8 nitrogen and oxygen atoms in total. The van der Waals surface area contributed by atoms with Crippen molar-refractivity contribution in [1.29, 1.82) is 0 Å². The molecule has 2 aromatic rings. The lowest BCUT2D eigenvalue weighted by Crippen LogP contribution is -2.12. The first-order valence-electron chi connectivity index (χ1n) is 6.84. The van der Waals surface area contributed by atoms with E-state index in [1.807, 2.05) is 0 Å². The van der Waals surface area contributed by atoms with Crippen molar-refractivity contribution in [3.8, 4) is 5.88 Å². The SMILES string of the molecule is CC(=O)Oc1c(C(=O)c2cc(C)c(Cl)c(C)c2[N+](=O)[O-])cnn1C. The van der Waals surface area contributed by atoms with E-state index in [0.717, 1.165) is 0 Å². The van der Waals surface area contributed by atoms with Gasteiger partial charge in [-0.25, -0.2) is 4.68 Å². The van der Waals surface area contributed by atoms with Gasteiger partial charge in [0, 0.05) is 19.5 Å². The topological polar surface area (TPSA) is 104 Å². The molecule has 1 aromatic heterocycles. The number of nitro benzene ring substituents is 1. The monoisotopic (exact) mass is 351 g/mol. The fourth-order valence-electron chi connectivity index (χ4n) is 2.34. The molecule has 0 unspecified atom stereocenters. The van der Waals surface area contributed by atoms with Gasteiger partial charge in [-0.05, 0) is 25.5 Å². The number of ether oxygens (including phenoxy) is 1. The number of rotatable bonds is 4. The Labute approximate surface area is 142 Å². The molecule has 0 spiro atoms. The molecule has 0 aliphatic rings. The Morgan fingerprint density at radius 3 is 2.50 bits per heavy atom. The molecule has 126 valence electrons. The lowest BCUT2D eigenvalue weighted by Gasteiger charge is -2.09. The largest absolute Gasteiger partial charge is 0.407 e. The molecule has 9 heteroatoms. The maximum absolute atomic E-state index is 12.8. The van der Waals surface area contributed by atoms with Crippen molar-refractivity contribution in [1.82, 2.24) is 9.78 Å². The van der Waals surface area contributed by atoms with E-state index in [-0.39, 0.29) is 33.3 Å². The molecule has 1 aromatic carbocycles. The van der Waals surface area contributed by atoms with Crippen molar-refractivity contribution in [2.24, 2.45) is 7.05 Å². The van der Waals surface area contributed by atoms with E-state index in [0.29, 0.717) is 5.56 Å². The summed E-state index contributed by atoms with van der Waals surface area (Å²) in [4.78, 5) is 34.8. The summed E-state index contributed by atoms with van der Waals surface area (Å²) in [5.74, 6) is -1.38. The van der Waals surface area contributed by atoms with Crippen molar-refractivity contribution < 1.29 is 19.2 Å². The third-order valence-corrected chi connectivity index (χ3v) is 4.02. The summed E-state index contributed by atoms with van der Waals surface area (Å²) in [7, 11) is 1.49. The van der Waals surface area contributed by atoms with Crippen LogP contribution < -0.4 is 4.74 Å². The van der Waals surface area contributed by atoms with Crippen LogP contribution in [0.25, 0.3) is 0 Å². The number of aryl methyl sites for hydroxylation is 2. The first-order chi connectivity index (χ1) is 11.1. The number of hydrogen-bond acceptors (Lipinski definition) is 6. The van der Waals surface area contributed by atoms with E-state index < -0.39 is 16.7 Å². The maximum Gasteiger partial charge on any atom is 0.309 e. The number of carbonyl (C=O) groups excluding carboxylic acids is 2. The Bertz CT molecular complexity index is 872. The molecule has 1 heterocycles. The Morgan fingerprint density at radius 1 is 1.33 bits per heavy atom. The van der Waals surface area contributed by atoms with E-state index in [4.69, 9.17) is 16.3 Å². The standard InChI is InChI=1S/C15H14ClN3O5/c1-7-5-10(13(19(22)23)8(2)12(7)16)14(21)11-6-17-18(4)15(11)24-9(3)20/h5-6H,1-4H3. The highest BCUT2D eigenvalue weighted by molar-refractivity contribution is 6.32. The summed E-state index contributed by atoms with van der Waals surface area (Å²) in [6.45, 7) is 4.30. The van der Waals surface area contributed by atoms with E-state index in [2.05, 4.69) is 5.10 Å². The minimum atomic E-state index is -0.672. The Morgan fingerprint density at radius 2 is 1.96 bits per heavy atom. The normalized spacial score (nSPS) is 10.5. The van der Waals surface area contributed by atoms with Crippen LogP contribution >= 0.6 is 11.6 Å². The molecule has 0 aliphatic heterocycles. The minimum absolute atomic E-state index is 0.0445. The number of nitro groups is 1. The second-order valence-corrected chi connectivity index (χ2v) is 5.57. The summed E-state index contributed by atoms with van der Waals surface area (Å²) in [5.41, 5.74) is 0.162. The molecule has 24 heavy (non-hydrogen) atoms. The average molecular weight is 352 g/mol. The molecule has 0 saturated carbocycles. The molecule has 0 amide bonds. The summed E-state index contributed by atoms with van der Waals surface area (Å²) >= 11 is 6.05. The number of benzene rings is 1. The fourth-order valence-corrected chi connectivity index (χ4v) is 2.49. The average Bonchev–Trinajstić information content (AvgIpc) is 2.83. The number of carbonyl (C=O) groups is 2. The summed E-state index contributed by atoms with van der Waals surface area (Å²) in [5, 5.41) is 15.5. The molecular weight excluding hydrogens is 338 g/mol. The number of nitrogens with zero attached hydrogens (tertiary/aromatic N) is 3. The molecule has 0 radical (unpaired) electrons. The summed E-state index contributed by atoms with van der Waals surface area (Å²) < 4.78 is 6.19. The van der Waals surface area contributed by atoms with Crippen LogP contribution in [0.3, 0.4) is 0 Å². The number of ketones is 1. The minimum Gasteiger partial charge on any atom is -0.407 e. The zero-order valence-corrected chi connectivity index (χ0v) is 14.2. The summed E-state index contributed by atoms with van der Waals surface area (Å²) in [6, 6.07) is 1.35. The van der Waals surface area contributed by atoms with Crippen LogP contribution in [0.4, 0.5) is 5.69 Å². The predicted molar refractivity (Wildman–Crippen MR) is 85.5 cm³/mol. The van der Waals surface area contributed by atoms with E-state index >= 15 is 0 Å². The quantitative estimate of drug-likeness (QED) is 0.363. The van der Waals surface area contributed by atoms with Crippen LogP contribution in [-0.4, -0.2) is 26.5 Å². The molecular formula is C15H14ClN3O5. The first kappa shape index (κ1) is 17.6. The lowest BCUT2D eigenvalue weighted by molar-refractivity contribution is -0.385. The first-order valence-corrected chi connectivity index (χ1v) is 7.22. The highest BCUT2D eigenvalue weighted by Crippen LogP contribution is 2.35. The van der Waals surface area contributed by atoms with Gasteiger partial charge in [-0.1, -0.05) is 11.6 Å². The smallest absolute Gasteiger partial charge is 0.309 e. The number of aromatic nitrogens is 2. The van der Waals surface area contributed by atoms with E-state index in [9.17, 15) is 19.7 Å². The van der Waals surface area contributed by atoms with Crippen molar-refractivity contribution in [3.63, 3.8) is 0 Å². The van der Waals surface area contributed by atoms with Gasteiger partial charge in [-0.2, -0.15) is 5.10 Å². The molecule has 0 saturated heterocycles. The van der Waals surface area contributed by atoms with Gasteiger partial charge in [-0.3, -0.25) is 19.7 Å². The summed E-state index contributed by atoms with van der Waals surface area (Å²) in [6.07, 6.45) is 1.20. The Balaban J connectivity index is 2.68. The van der Waals surface area contributed by atoms with Gasteiger partial charge in [0.25, 0.3) is 5.69 Å². The highest BCUT2D eigenvalue weighted by atomic mass is 35.5. The molecule has 0 aliphatic carbocycles. The van der Waals surface area contributed by atoms with E-state index in [1.54, 1.807) is 6.92 Å². The van der Waals surface area contributed by atoms with Gasteiger partial charge in [0.2, 0.25) is 11.7 Å². The molecule has 0 fully saturated rings. The van der Waals surface area contributed by atoms with Gasteiger partial charge in [0.15, 0.2) is 0 Å². The fraction of sp³-hybridized carbons (Fsp3) is 0.267. The van der Waals surface area contributed by atoms with Crippen LogP contribution in [-0.2, 0) is 11.8 Å². The van der Waals surface area contributed by atoms with Crippen molar-refractivity contribution in [3.05, 3.63) is 49.7 Å². The number of hydrogen-bond donors (Lipinski definition) is 0. The van der Waals surface area contributed by atoms with Crippen molar-refractivity contribution in [2.45, 2.75) is 20.8 Å². The third kappa shape index (κ3) is 3.00. The molecule has 2 rings (SSSR count). The predicted octanol–water partition coefficient (Wildman–Crippen LogP) is 2.75. The number of halogens is 1. The molecule has 0 atom stereocenters. The Hall–Kier alpha value is -2.74. The molecule has 0 bridgehead atoms. The number of esters is 1. The van der Waals surface area contributed by atoms with Gasteiger partial charge >= 0.3 is 5.97 Å². The Kier molecular flexibility index (Phi) is 4.70. The maximum atomic E-state index is 12.8. The van der Waals surface area contributed by atoms with Crippen LogP contribution in [0.15, 0.2) is 12.3 Å². The third-order valence-electron chi connectivity index (χ3n) is 3.44. The molecule has 0 N–H and O–H groups in total. The van der Waals surface area contributed by atoms with Crippen LogP contribution in [0, 0.1) is 24.0 Å². The van der Waals surface area contributed by atoms with Gasteiger partial charge < -0.3 is 4.74 Å². The second kappa shape index (κ2) is 6.40. The van der Waals surface area contributed by atoms with Gasteiger partial charge in [-0.15, -0.1) is 0 Å². The van der Waals surface area contributed by atoms with Gasteiger partial charge in [0.1, 0.15) is 11.1 Å². The van der Waals surface area contributed by atoms with Crippen molar-refractivity contribution in [2.75, 3.05) is 0 Å². The van der Waals surface area contributed by atoms with Crippen molar-refractivity contribution >= 4 is 29.0 Å². The van der Waals surface area contributed by atoms with Crippen LogP contribution in [0.1, 0.15) is 34.0 Å².